The third-order valence-electron chi connectivity index (χ3n) is 4.04. The van der Waals surface area contributed by atoms with Crippen molar-refractivity contribution < 1.29 is 9.18 Å². The Bertz CT molecular complexity index is 517. The molecule has 0 unspecified atom stereocenters. The molecule has 1 aliphatic rings. The van der Waals surface area contributed by atoms with Crippen LogP contribution in [0.15, 0.2) is 18.2 Å². The molecule has 1 aromatic rings. The highest BCUT2D eigenvalue weighted by Gasteiger charge is 2.34. The Morgan fingerprint density at radius 1 is 1.43 bits per heavy atom. The number of benzene rings is 1. The fraction of sp³-hybridized carbons (Fsp3) is 0.562. The highest BCUT2D eigenvalue weighted by Crippen LogP contribution is 2.30. The first-order valence-electron chi connectivity index (χ1n) is 7.39. The van der Waals surface area contributed by atoms with E-state index in [1.165, 1.54) is 18.2 Å². The zero-order valence-corrected chi connectivity index (χ0v) is 13.5. The Balaban J connectivity index is 1.99. The summed E-state index contributed by atoms with van der Waals surface area (Å²) in [5, 5.41) is 2.99. The van der Waals surface area contributed by atoms with Crippen molar-refractivity contribution in [1.82, 2.24) is 4.90 Å². The van der Waals surface area contributed by atoms with E-state index in [-0.39, 0.29) is 10.9 Å². The number of hydrogen-bond acceptors (Lipinski definition) is 2. The van der Waals surface area contributed by atoms with Gasteiger partial charge in [0.2, 0.25) is 5.91 Å². The first-order valence-corrected chi connectivity index (χ1v) is 7.77. The topological polar surface area (TPSA) is 32.3 Å². The number of anilines is 1. The zero-order valence-electron chi connectivity index (χ0n) is 12.7. The molecule has 21 heavy (non-hydrogen) atoms. The summed E-state index contributed by atoms with van der Waals surface area (Å²) in [6.07, 6.45) is 2.31. The van der Waals surface area contributed by atoms with Gasteiger partial charge >= 0.3 is 0 Å². The Hall–Kier alpha value is -1.13. The molecule has 1 amide bonds. The van der Waals surface area contributed by atoms with Gasteiger partial charge in [0.25, 0.3) is 0 Å². The first kappa shape index (κ1) is 16.2. The van der Waals surface area contributed by atoms with Crippen LogP contribution in [-0.4, -0.2) is 29.4 Å². The van der Waals surface area contributed by atoms with Gasteiger partial charge in [0, 0.05) is 12.1 Å². The van der Waals surface area contributed by atoms with Gasteiger partial charge in [-0.1, -0.05) is 25.4 Å². The maximum Gasteiger partial charge on any atom is 0.238 e. The van der Waals surface area contributed by atoms with Crippen LogP contribution in [0.2, 0.25) is 5.02 Å². The second kappa shape index (κ2) is 6.75. The smallest absolute Gasteiger partial charge is 0.238 e. The van der Waals surface area contributed by atoms with E-state index in [2.05, 4.69) is 31.0 Å². The predicted octanol–water partition coefficient (Wildman–Crippen LogP) is 3.93. The maximum absolute atomic E-state index is 13.0. The molecule has 0 heterocycles. The van der Waals surface area contributed by atoms with Crippen LogP contribution in [0.1, 0.15) is 33.6 Å². The quantitative estimate of drug-likeness (QED) is 0.863. The maximum atomic E-state index is 13.0. The minimum absolute atomic E-state index is 0.108. The van der Waals surface area contributed by atoms with E-state index < -0.39 is 5.82 Å². The van der Waals surface area contributed by atoms with Crippen LogP contribution in [0.3, 0.4) is 0 Å². The summed E-state index contributed by atoms with van der Waals surface area (Å²) in [6.45, 7) is 6.82. The summed E-state index contributed by atoms with van der Waals surface area (Å²) >= 11 is 5.93. The van der Waals surface area contributed by atoms with E-state index in [1.807, 2.05) is 0 Å². The monoisotopic (exact) mass is 312 g/mol. The van der Waals surface area contributed by atoms with E-state index >= 15 is 0 Å². The number of hydrogen-bond donors (Lipinski definition) is 1. The van der Waals surface area contributed by atoms with Crippen LogP contribution < -0.4 is 5.32 Å². The summed E-state index contributed by atoms with van der Waals surface area (Å²) in [5.74, 6) is -0.0262. The van der Waals surface area contributed by atoms with E-state index in [0.717, 1.165) is 12.8 Å². The normalized spacial score (nSPS) is 16.3. The van der Waals surface area contributed by atoms with Crippen molar-refractivity contribution in [2.24, 2.45) is 5.92 Å². The van der Waals surface area contributed by atoms with Crippen LogP contribution in [0.4, 0.5) is 10.1 Å². The van der Waals surface area contributed by atoms with Gasteiger partial charge in [-0.2, -0.15) is 0 Å². The second-order valence-electron chi connectivity index (χ2n) is 6.06. The van der Waals surface area contributed by atoms with E-state index in [0.29, 0.717) is 30.2 Å². The Morgan fingerprint density at radius 2 is 2.10 bits per heavy atom. The number of nitrogens with one attached hydrogen (secondary N) is 1. The van der Waals surface area contributed by atoms with Crippen LogP contribution in [-0.2, 0) is 4.79 Å². The van der Waals surface area contributed by atoms with Gasteiger partial charge in [-0.3, -0.25) is 9.69 Å². The Morgan fingerprint density at radius 3 is 2.62 bits per heavy atom. The number of amides is 1. The Labute approximate surface area is 130 Å². The Kier molecular flexibility index (Phi) is 5.22. The molecular formula is C16H22ClFN2O. The lowest BCUT2D eigenvalue weighted by Crippen LogP contribution is -2.43. The van der Waals surface area contributed by atoms with Gasteiger partial charge in [-0.25, -0.2) is 4.39 Å². The summed E-state index contributed by atoms with van der Waals surface area (Å²) in [5.41, 5.74) is 0.455. The molecule has 1 atom stereocenters. The number of carbonyl (C=O) groups is 1. The third kappa shape index (κ3) is 4.42. The van der Waals surface area contributed by atoms with Crippen LogP contribution >= 0.6 is 11.6 Å². The molecule has 0 radical (unpaired) electrons. The van der Waals surface area contributed by atoms with Crippen LogP contribution in [0, 0.1) is 11.7 Å². The SMILES string of the molecule is CC(C)[C@H](C)N(CC(=O)Nc1ccc(F)cc1Cl)C1CC1. The first-order chi connectivity index (χ1) is 9.88. The molecule has 0 bridgehead atoms. The minimum atomic E-state index is -0.411. The van der Waals surface area contributed by atoms with Crippen molar-refractivity contribution in [2.75, 3.05) is 11.9 Å². The van der Waals surface area contributed by atoms with E-state index in [1.54, 1.807) is 0 Å². The van der Waals surface area contributed by atoms with Crippen LogP contribution in [0.5, 0.6) is 0 Å². The summed E-state index contributed by atoms with van der Waals surface area (Å²) < 4.78 is 13.0. The van der Waals surface area contributed by atoms with Crippen LogP contribution in [0.25, 0.3) is 0 Å². The number of carbonyl (C=O) groups excluding carboxylic acids is 1. The highest BCUT2D eigenvalue weighted by atomic mass is 35.5. The lowest BCUT2D eigenvalue weighted by molar-refractivity contribution is -0.118. The molecule has 0 saturated heterocycles. The molecule has 3 nitrogen and oxygen atoms in total. The van der Waals surface area contributed by atoms with E-state index in [9.17, 15) is 9.18 Å². The summed E-state index contributed by atoms with van der Waals surface area (Å²) in [6, 6.07) is 4.84. The van der Waals surface area contributed by atoms with Gasteiger partial charge in [0.05, 0.1) is 17.3 Å². The molecular weight excluding hydrogens is 291 g/mol. The fourth-order valence-corrected chi connectivity index (χ4v) is 2.56. The average molecular weight is 313 g/mol. The highest BCUT2D eigenvalue weighted by molar-refractivity contribution is 6.33. The molecule has 1 fully saturated rings. The third-order valence-corrected chi connectivity index (χ3v) is 4.35. The van der Waals surface area contributed by atoms with Crippen molar-refractivity contribution in [3.8, 4) is 0 Å². The summed E-state index contributed by atoms with van der Waals surface area (Å²) in [4.78, 5) is 14.5. The van der Waals surface area contributed by atoms with Crippen molar-refractivity contribution in [2.45, 2.75) is 45.7 Å². The zero-order chi connectivity index (χ0) is 15.6. The van der Waals surface area contributed by atoms with E-state index in [4.69, 9.17) is 11.6 Å². The molecule has 2 rings (SSSR count). The number of halogens is 2. The lowest BCUT2D eigenvalue weighted by Gasteiger charge is -2.31. The molecule has 1 N–H and O–H groups in total. The number of rotatable bonds is 6. The minimum Gasteiger partial charge on any atom is -0.324 e. The number of nitrogens with zero attached hydrogens (tertiary/aromatic N) is 1. The second-order valence-corrected chi connectivity index (χ2v) is 6.47. The molecule has 1 aromatic carbocycles. The lowest BCUT2D eigenvalue weighted by atomic mass is 10.0. The largest absolute Gasteiger partial charge is 0.324 e. The molecule has 1 saturated carbocycles. The van der Waals surface area contributed by atoms with Gasteiger partial charge < -0.3 is 5.32 Å². The molecule has 5 heteroatoms. The van der Waals surface area contributed by atoms with Crippen molar-refractivity contribution >= 4 is 23.2 Å². The van der Waals surface area contributed by atoms with Gasteiger partial charge in [0.15, 0.2) is 0 Å². The molecule has 1 aliphatic carbocycles. The molecule has 116 valence electrons. The molecule has 0 aromatic heterocycles. The van der Waals surface area contributed by atoms with Crippen molar-refractivity contribution in [3.63, 3.8) is 0 Å². The predicted molar refractivity (Wildman–Crippen MR) is 84.1 cm³/mol. The summed E-state index contributed by atoms with van der Waals surface area (Å²) in [7, 11) is 0. The van der Waals surface area contributed by atoms with Crippen molar-refractivity contribution in [1.29, 1.82) is 0 Å². The van der Waals surface area contributed by atoms with Gasteiger partial charge in [-0.15, -0.1) is 0 Å². The van der Waals surface area contributed by atoms with Gasteiger partial charge in [-0.05, 0) is 43.9 Å². The average Bonchev–Trinajstić information content (AvgIpc) is 3.23. The standard InChI is InChI=1S/C16H22ClFN2O/c1-10(2)11(3)20(13-5-6-13)9-16(21)19-15-7-4-12(18)8-14(15)17/h4,7-8,10-11,13H,5-6,9H2,1-3H3,(H,19,21)/t11-/m0/s1. The molecule has 0 spiro atoms. The van der Waals surface area contributed by atoms with Crippen molar-refractivity contribution in [3.05, 3.63) is 29.0 Å². The van der Waals surface area contributed by atoms with Gasteiger partial charge in [0.1, 0.15) is 5.82 Å². The molecule has 0 aliphatic heterocycles. The fourth-order valence-electron chi connectivity index (χ4n) is 2.34.